The zero-order valence-corrected chi connectivity index (χ0v) is 13.8. The van der Waals surface area contributed by atoms with Crippen molar-refractivity contribution in [2.45, 2.75) is 13.3 Å². The van der Waals surface area contributed by atoms with Gasteiger partial charge in [-0.1, -0.05) is 25.1 Å². The highest BCUT2D eigenvalue weighted by Crippen LogP contribution is 2.30. The summed E-state index contributed by atoms with van der Waals surface area (Å²) in [7, 11) is 0. The molecule has 4 rings (SSSR count). The molecule has 1 N–H and O–H groups in total. The Hall–Kier alpha value is -2.95. The number of aromatic nitrogens is 1. The predicted molar refractivity (Wildman–Crippen MR) is 95.5 cm³/mol. The van der Waals surface area contributed by atoms with Crippen LogP contribution in [-0.2, 0) is 6.42 Å². The molecular formula is C20H17FN2O2. The average Bonchev–Trinajstić information content (AvgIpc) is 2.59. The number of pyridine rings is 1. The van der Waals surface area contributed by atoms with Crippen molar-refractivity contribution in [1.82, 2.24) is 4.98 Å². The fourth-order valence-electron chi connectivity index (χ4n) is 3.47. The molecule has 0 spiro atoms. The van der Waals surface area contributed by atoms with Gasteiger partial charge in [0.15, 0.2) is 0 Å². The number of aromatic amines is 1. The number of nitrogens with zero attached hydrogens (tertiary/aromatic N) is 1. The minimum Gasteiger partial charge on any atom is -0.321 e. The number of carbonyl (C=O) groups excluding carboxylic acids is 1. The summed E-state index contributed by atoms with van der Waals surface area (Å²) in [6, 6.07) is 13.4. The van der Waals surface area contributed by atoms with Gasteiger partial charge in [-0.2, -0.15) is 0 Å². The predicted octanol–water partition coefficient (Wildman–Crippen LogP) is 3.51. The van der Waals surface area contributed by atoms with Crippen LogP contribution in [0.25, 0.3) is 10.9 Å². The molecule has 3 aromatic rings. The Bertz CT molecular complexity index is 1040. The highest BCUT2D eigenvalue weighted by atomic mass is 19.1. The SMILES string of the molecule is CC1Cc2ccccc2N(C(=O)c2cc3ccc(F)cc3[nH]c2=O)C1. The number of fused-ring (bicyclic) bond motifs is 2. The highest BCUT2D eigenvalue weighted by Gasteiger charge is 2.28. The maximum Gasteiger partial charge on any atom is 0.263 e. The first-order chi connectivity index (χ1) is 12.0. The van der Waals surface area contributed by atoms with Crippen LogP contribution < -0.4 is 10.5 Å². The number of hydrogen-bond acceptors (Lipinski definition) is 2. The lowest BCUT2D eigenvalue weighted by Crippen LogP contribution is -2.41. The van der Waals surface area contributed by atoms with Gasteiger partial charge >= 0.3 is 0 Å². The molecule has 1 atom stereocenters. The standard InChI is InChI=1S/C20H17FN2O2/c1-12-8-14-4-2-3-5-18(14)23(11-12)20(25)16-9-13-6-7-15(21)10-17(13)22-19(16)24/h2-7,9-10,12H,8,11H2,1H3,(H,22,24). The normalized spacial score (nSPS) is 16.7. The van der Waals surface area contributed by atoms with Gasteiger partial charge in [-0.25, -0.2) is 4.39 Å². The monoisotopic (exact) mass is 336 g/mol. The van der Waals surface area contributed by atoms with Crippen molar-refractivity contribution in [3.63, 3.8) is 0 Å². The molecule has 1 aliphatic rings. The van der Waals surface area contributed by atoms with E-state index >= 15 is 0 Å². The van der Waals surface area contributed by atoms with Gasteiger partial charge in [0.1, 0.15) is 11.4 Å². The van der Waals surface area contributed by atoms with E-state index in [1.807, 2.05) is 24.3 Å². The zero-order chi connectivity index (χ0) is 17.6. The molecule has 0 bridgehead atoms. The average molecular weight is 336 g/mol. The molecule has 126 valence electrons. The van der Waals surface area contributed by atoms with Gasteiger partial charge in [0, 0.05) is 12.2 Å². The number of hydrogen-bond donors (Lipinski definition) is 1. The lowest BCUT2D eigenvalue weighted by atomic mass is 9.93. The van der Waals surface area contributed by atoms with Gasteiger partial charge in [0.05, 0.1) is 5.52 Å². The van der Waals surface area contributed by atoms with Gasteiger partial charge < -0.3 is 9.88 Å². The van der Waals surface area contributed by atoms with E-state index in [1.54, 1.807) is 11.0 Å². The number of H-pyrrole nitrogens is 1. The molecular weight excluding hydrogens is 319 g/mol. The number of halogens is 1. The van der Waals surface area contributed by atoms with Crippen molar-refractivity contribution < 1.29 is 9.18 Å². The second-order valence-corrected chi connectivity index (χ2v) is 6.60. The van der Waals surface area contributed by atoms with E-state index < -0.39 is 11.4 Å². The smallest absolute Gasteiger partial charge is 0.263 e. The van der Waals surface area contributed by atoms with Gasteiger partial charge in [-0.3, -0.25) is 9.59 Å². The van der Waals surface area contributed by atoms with Gasteiger partial charge in [0.2, 0.25) is 0 Å². The first kappa shape index (κ1) is 15.6. The Morgan fingerprint density at radius 2 is 2.00 bits per heavy atom. The lowest BCUT2D eigenvalue weighted by molar-refractivity contribution is 0.0979. The Kier molecular flexibility index (Phi) is 3.64. The molecule has 0 aliphatic carbocycles. The van der Waals surface area contributed by atoms with Crippen molar-refractivity contribution >= 4 is 22.5 Å². The van der Waals surface area contributed by atoms with Crippen LogP contribution >= 0.6 is 0 Å². The third-order valence-corrected chi connectivity index (χ3v) is 4.63. The fraction of sp³-hybridized carbons (Fsp3) is 0.200. The second-order valence-electron chi connectivity index (χ2n) is 6.60. The lowest BCUT2D eigenvalue weighted by Gasteiger charge is -2.33. The summed E-state index contributed by atoms with van der Waals surface area (Å²) in [6.45, 7) is 2.65. The van der Waals surface area contributed by atoms with E-state index in [0.717, 1.165) is 17.7 Å². The summed E-state index contributed by atoms with van der Waals surface area (Å²) in [5.74, 6) is -0.444. The summed E-state index contributed by atoms with van der Waals surface area (Å²) in [6.07, 6.45) is 0.910. The molecule has 0 fully saturated rings. The summed E-state index contributed by atoms with van der Waals surface area (Å²) >= 11 is 0. The maximum atomic E-state index is 13.3. The van der Waals surface area contributed by atoms with E-state index in [1.165, 1.54) is 18.2 Å². The second kappa shape index (κ2) is 5.84. The summed E-state index contributed by atoms with van der Waals surface area (Å²) < 4.78 is 13.3. The largest absolute Gasteiger partial charge is 0.321 e. The third-order valence-electron chi connectivity index (χ3n) is 4.63. The van der Waals surface area contributed by atoms with Crippen molar-refractivity contribution in [1.29, 1.82) is 0 Å². The molecule has 2 aromatic carbocycles. The van der Waals surface area contributed by atoms with Crippen LogP contribution in [0.15, 0.2) is 53.3 Å². The van der Waals surface area contributed by atoms with Crippen LogP contribution in [-0.4, -0.2) is 17.4 Å². The van der Waals surface area contributed by atoms with Gasteiger partial charge in [-0.15, -0.1) is 0 Å². The quantitative estimate of drug-likeness (QED) is 0.739. The van der Waals surface area contributed by atoms with Crippen molar-refractivity contribution in [2.24, 2.45) is 5.92 Å². The number of anilines is 1. The van der Waals surface area contributed by atoms with Crippen molar-refractivity contribution in [2.75, 3.05) is 11.4 Å². The van der Waals surface area contributed by atoms with E-state index in [2.05, 4.69) is 11.9 Å². The van der Waals surface area contributed by atoms with Crippen LogP contribution in [0.4, 0.5) is 10.1 Å². The van der Waals surface area contributed by atoms with Crippen LogP contribution in [0.3, 0.4) is 0 Å². The Morgan fingerprint density at radius 1 is 1.20 bits per heavy atom. The Morgan fingerprint density at radius 3 is 2.84 bits per heavy atom. The number of carbonyl (C=O) groups is 1. The van der Waals surface area contributed by atoms with Gasteiger partial charge in [0.25, 0.3) is 11.5 Å². The van der Waals surface area contributed by atoms with E-state index in [9.17, 15) is 14.0 Å². The molecule has 5 heteroatoms. The van der Waals surface area contributed by atoms with E-state index in [-0.39, 0.29) is 11.5 Å². The number of rotatable bonds is 1. The molecule has 0 saturated heterocycles. The van der Waals surface area contributed by atoms with Crippen molar-refractivity contribution in [3.05, 3.63) is 75.8 Å². The van der Waals surface area contributed by atoms with E-state index in [4.69, 9.17) is 0 Å². The first-order valence-corrected chi connectivity index (χ1v) is 8.25. The summed E-state index contributed by atoms with van der Waals surface area (Å²) in [5, 5.41) is 0.627. The van der Waals surface area contributed by atoms with Gasteiger partial charge in [-0.05, 0) is 53.6 Å². The third kappa shape index (κ3) is 2.71. The first-order valence-electron chi connectivity index (χ1n) is 8.25. The molecule has 1 unspecified atom stereocenters. The number of nitrogens with one attached hydrogen (secondary N) is 1. The number of amides is 1. The highest BCUT2D eigenvalue weighted by molar-refractivity contribution is 6.08. The fourth-order valence-corrected chi connectivity index (χ4v) is 3.47. The molecule has 2 heterocycles. The molecule has 4 nitrogen and oxygen atoms in total. The topological polar surface area (TPSA) is 53.2 Å². The number of benzene rings is 2. The Labute approximate surface area is 143 Å². The Balaban J connectivity index is 1.81. The molecule has 1 aromatic heterocycles. The van der Waals surface area contributed by atoms with Crippen LogP contribution in [0.2, 0.25) is 0 Å². The molecule has 0 radical (unpaired) electrons. The summed E-state index contributed by atoms with van der Waals surface area (Å²) in [5.41, 5.74) is 1.91. The van der Waals surface area contributed by atoms with Crippen molar-refractivity contribution in [3.8, 4) is 0 Å². The number of para-hydroxylation sites is 1. The molecule has 25 heavy (non-hydrogen) atoms. The summed E-state index contributed by atoms with van der Waals surface area (Å²) in [4.78, 5) is 29.7. The maximum absolute atomic E-state index is 13.3. The van der Waals surface area contributed by atoms with Crippen LogP contribution in [0, 0.1) is 11.7 Å². The van der Waals surface area contributed by atoms with E-state index in [0.29, 0.717) is 23.4 Å². The zero-order valence-electron chi connectivity index (χ0n) is 13.8. The minimum atomic E-state index is -0.501. The molecule has 1 amide bonds. The van der Waals surface area contributed by atoms with Crippen LogP contribution in [0.1, 0.15) is 22.8 Å². The van der Waals surface area contributed by atoms with Crippen LogP contribution in [0.5, 0.6) is 0 Å². The minimum absolute atomic E-state index is 0.0722. The molecule has 1 aliphatic heterocycles. The molecule has 0 saturated carbocycles.